The average molecular weight is 389 g/mol. The maximum Gasteiger partial charge on any atom is 0.246 e. The fourth-order valence-corrected chi connectivity index (χ4v) is 3.21. The maximum absolute atomic E-state index is 12.6. The van der Waals surface area contributed by atoms with Crippen LogP contribution in [0.5, 0.6) is 5.75 Å². The average Bonchev–Trinajstić information content (AvgIpc) is 3.02. The zero-order valence-electron chi connectivity index (χ0n) is 17.4. The van der Waals surface area contributed by atoms with Crippen LogP contribution in [0.3, 0.4) is 0 Å². The van der Waals surface area contributed by atoms with Crippen LogP contribution in [-0.2, 0) is 11.3 Å². The molecule has 0 aliphatic rings. The number of likely N-dealkylation sites (N-methyl/N-ethyl adjacent to an activating group) is 1. The second kappa shape index (κ2) is 9.24. The number of nitrogens with zero attached hydrogens (tertiary/aromatic N) is 3. The highest BCUT2D eigenvalue weighted by Crippen LogP contribution is 2.19. The Bertz CT molecular complexity index is 989. The summed E-state index contributed by atoms with van der Waals surface area (Å²) >= 11 is 0. The number of hydrogen-bond acceptors (Lipinski definition) is 3. The molecular weight excluding hydrogens is 362 g/mol. The van der Waals surface area contributed by atoms with Crippen molar-refractivity contribution in [3.8, 4) is 11.4 Å². The maximum atomic E-state index is 12.6. The van der Waals surface area contributed by atoms with E-state index < -0.39 is 0 Å². The lowest BCUT2D eigenvalue weighted by molar-refractivity contribution is -0.125. The Morgan fingerprint density at radius 1 is 1.10 bits per heavy atom. The van der Waals surface area contributed by atoms with Gasteiger partial charge in [-0.3, -0.25) is 4.79 Å². The standard InChI is InChI=1S/C24H27N3O2/c1-5-29-22-13-11-20(12-14-22)17-26(4)24(28)16-15-23-18(2)25-27(19(23)3)21-9-7-6-8-10-21/h6-16H,5,17H2,1-4H3/b16-15+. The third kappa shape index (κ3) is 4.93. The molecule has 0 fully saturated rings. The van der Waals surface area contributed by atoms with Crippen LogP contribution in [0, 0.1) is 13.8 Å². The molecule has 5 heteroatoms. The van der Waals surface area contributed by atoms with Crippen molar-refractivity contribution < 1.29 is 9.53 Å². The van der Waals surface area contributed by atoms with Crippen LogP contribution in [0.25, 0.3) is 11.8 Å². The second-order valence-corrected chi connectivity index (χ2v) is 6.94. The number of benzene rings is 2. The van der Waals surface area contributed by atoms with Gasteiger partial charge in [-0.25, -0.2) is 4.68 Å². The molecular formula is C24H27N3O2. The first-order chi connectivity index (χ1) is 14.0. The van der Waals surface area contributed by atoms with E-state index in [0.29, 0.717) is 13.2 Å². The number of para-hydroxylation sites is 1. The number of ether oxygens (including phenoxy) is 1. The molecule has 1 amide bonds. The SMILES string of the molecule is CCOc1ccc(CN(C)C(=O)/C=C/c2c(C)nn(-c3ccccc3)c2C)cc1. The van der Waals surface area contributed by atoms with Crippen LogP contribution in [0.1, 0.15) is 29.4 Å². The monoisotopic (exact) mass is 389 g/mol. The molecule has 3 rings (SSSR count). The van der Waals surface area contributed by atoms with Gasteiger partial charge in [0.25, 0.3) is 0 Å². The second-order valence-electron chi connectivity index (χ2n) is 6.94. The van der Waals surface area contributed by atoms with Crippen molar-refractivity contribution in [3.63, 3.8) is 0 Å². The Morgan fingerprint density at radius 3 is 2.45 bits per heavy atom. The lowest BCUT2D eigenvalue weighted by Crippen LogP contribution is -2.24. The van der Waals surface area contributed by atoms with Crippen LogP contribution in [0.4, 0.5) is 0 Å². The van der Waals surface area contributed by atoms with Crippen molar-refractivity contribution >= 4 is 12.0 Å². The van der Waals surface area contributed by atoms with Crippen molar-refractivity contribution in [2.45, 2.75) is 27.3 Å². The summed E-state index contributed by atoms with van der Waals surface area (Å²) in [4.78, 5) is 14.3. The predicted molar refractivity (Wildman–Crippen MR) is 116 cm³/mol. The van der Waals surface area contributed by atoms with Crippen molar-refractivity contribution in [2.24, 2.45) is 0 Å². The number of hydrogen-bond donors (Lipinski definition) is 0. The Hall–Kier alpha value is -3.34. The van der Waals surface area contributed by atoms with E-state index in [1.807, 2.05) is 86.1 Å². The highest BCUT2D eigenvalue weighted by atomic mass is 16.5. The lowest BCUT2D eigenvalue weighted by atomic mass is 10.1. The van der Waals surface area contributed by atoms with E-state index in [9.17, 15) is 4.79 Å². The minimum atomic E-state index is -0.0508. The zero-order valence-corrected chi connectivity index (χ0v) is 17.4. The topological polar surface area (TPSA) is 47.4 Å². The highest BCUT2D eigenvalue weighted by Gasteiger charge is 2.12. The minimum absolute atomic E-state index is 0.0508. The molecule has 0 saturated heterocycles. The largest absolute Gasteiger partial charge is 0.494 e. The number of rotatable bonds is 7. The van der Waals surface area contributed by atoms with E-state index in [4.69, 9.17) is 4.74 Å². The zero-order chi connectivity index (χ0) is 20.8. The molecule has 0 aliphatic heterocycles. The number of carbonyl (C=O) groups excluding carboxylic acids is 1. The molecule has 5 nitrogen and oxygen atoms in total. The first-order valence-corrected chi connectivity index (χ1v) is 9.76. The Morgan fingerprint density at radius 2 is 1.79 bits per heavy atom. The first kappa shape index (κ1) is 20.4. The van der Waals surface area contributed by atoms with Gasteiger partial charge in [0.1, 0.15) is 5.75 Å². The van der Waals surface area contributed by atoms with Crippen LogP contribution in [-0.4, -0.2) is 34.2 Å². The fourth-order valence-electron chi connectivity index (χ4n) is 3.21. The minimum Gasteiger partial charge on any atom is -0.494 e. The summed E-state index contributed by atoms with van der Waals surface area (Å²) in [7, 11) is 1.80. The Kier molecular flexibility index (Phi) is 6.50. The molecule has 0 N–H and O–H groups in total. The molecule has 29 heavy (non-hydrogen) atoms. The van der Waals surface area contributed by atoms with E-state index in [1.54, 1.807) is 18.0 Å². The van der Waals surface area contributed by atoms with Gasteiger partial charge >= 0.3 is 0 Å². The van der Waals surface area contributed by atoms with E-state index in [0.717, 1.165) is 34.0 Å². The van der Waals surface area contributed by atoms with Crippen LogP contribution in [0.15, 0.2) is 60.7 Å². The van der Waals surface area contributed by atoms with Gasteiger partial charge < -0.3 is 9.64 Å². The van der Waals surface area contributed by atoms with Gasteiger partial charge in [0.15, 0.2) is 0 Å². The summed E-state index contributed by atoms with van der Waals surface area (Å²) in [6, 6.07) is 17.8. The number of amides is 1. The van der Waals surface area contributed by atoms with Gasteiger partial charge in [-0.05, 0) is 56.7 Å². The number of aryl methyl sites for hydroxylation is 1. The first-order valence-electron chi connectivity index (χ1n) is 9.76. The van der Waals surface area contributed by atoms with Gasteiger partial charge in [-0.2, -0.15) is 5.10 Å². The third-order valence-electron chi connectivity index (χ3n) is 4.77. The van der Waals surface area contributed by atoms with E-state index in [2.05, 4.69) is 5.10 Å². The van der Waals surface area contributed by atoms with E-state index in [1.165, 1.54) is 0 Å². The van der Waals surface area contributed by atoms with Gasteiger partial charge in [-0.1, -0.05) is 30.3 Å². The van der Waals surface area contributed by atoms with Gasteiger partial charge in [0, 0.05) is 30.9 Å². The molecule has 0 bridgehead atoms. The van der Waals surface area contributed by atoms with Crippen molar-refractivity contribution in [1.29, 1.82) is 0 Å². The number of aromatic nitrogens is 2. The lowest BCUT2D eigenvalue weighted by Gasteiger charge is -2.15. The van der Waals surface area contributed by atoms with Gasteiger partial charge in [0.2, 0.25) is 5.91 Å². The van der Waals surface area contributed by atoms with Crippen LogP contribution in [0.2, 0.25) is 0 Å². The summed E-state index contributed by atoms with van der Waals surface area (Å²) in [6.45, 7) is 7.11. The third-order valence-corrected chi connectivity index (χ3v) is 4.77. The van der Waals surface area contributed by atoms with Crippen molar-refractivity contribution in [1.82, 2.24) is 14.7 Å². The van der Waals surface area contributed by atoms with Crippen LogP contribution < -0.4 is 4.74 Å². The molecule has 1 heterocycles. The molecule has 0 atom stereocenters. The predicted octanol–water partition coefficient (Wildman–Crippen LogP) is 4.56. The molecule has 150 valence electrons. The summed E-state index contributed by atoms with van der Waals surface area (Å²) < 4.78 is 7.36. The quantitative estimate of drug-likeness (QED) is 0.557. The van der Waals surface area contributed by atoms with Gasteiger partial charge in [-0.15, -0.1) is 0 Å². The normalized spacial score (nSPS) is 11.0. The molecule has 0 unspecified atom stereocenters. The Balaban J connectivity index is 1.69. The smallest absolute Gasteiger partial charge is 0.246 e. The summed E-state index contributed by atoms with van der Waals surface area (Å²) in [5, 5.41) is 4.62. The molecule has 0 saturated carbocycles. The van der Waals surface area contributed by atoms with E-state index >= 15 is 0 Å². The van der Waals surface area contributed by atoms with Crippen molar-refractivity contribution in [3.05, 3.63) is 83.2 Å². The molecule has 2 aromatic carbocycles. The number of carbonyl (C=O) groups is 1. The molecule has 0 aliphatic carbocycles. The van der Waals surface area contributed by atoms with Gasteiger partial charge in [0.05, 0.1) is 18.0 Å². The summed E-state index contributed by atoms with van der Waals surface area (Å²) in [6.07, 6.45) is 3.47. The Labute approximate surface area is 172 Å². The molecule has 1 aromatic heterocycles. The van der Waals surface area contributed by atoms with E-state index in [-0.39, 0.29) is 5.91 Å². The van der Waals surface area contributed by atoms with Crippen molar-refractivity contribution in [2.75, 3.05) is 13.7 Å². The van der Waals surface area contributed by atoms with Crippen LogP contribution >= 0.6 is 0 Å². The summed E-state index contributed by atoms with van der Waals surface area (Å²) in [5.74, 6) is 0.789. The molecule has 0 spiro atoms. The molecule has 3 aromatic rings. The molecule has 0 radical (unpaired) electrons. The fraction of sp³-hybridized carbons (Fsp3) is 0.250. The highest BCUT2D eigenvalue weighted by molar-refractivity contribution is 5.91. The summed E-state index contributed by atoms with van der Waals surface area (Å²) in [5.41, 5.74) is 4.93.